The van der Waals surface area contributed by atoms with Gasteiger partial charge in [-0.25, -0.2) is 0 Å². The molecule has 0 fully saturated rings. The van der Waals surface area contributed by atoms with Gasteiger partial charge in [0.1, 0.15) is 10.8 Å². The number of hydrogen-bond acceptors (Lipinski definition) is 5. The maximum absolute atomic E-state index is 12.2. The monoisotopic (exact) mass is 430 g/mol. The molecule has 0 saturated heterocycles. The summed E-state index contributed by atoms with van der Waals surface area (Å²) in [7, 11) is 0. The van der Waals surface area contributed by atoms with Gasteiger partial charge in [0.05, 0.1) is 12.6 Å². The normalized spacial score (nSPS) is 14.0. The third kappa shape index (κ3) is 5.44. The van der Waals surface area contributed by atoms with E-state index in [2.05, 4.69) is 4.74 Å². The third-order valence-corrected chi connectivity index (χ3v) is 5.80. The number of rotatable bonds is 7. The van der Waals surface area contributed by atoms with Crippen molar-refractivity contribution in [3.05, 3.63) is 60.2 Å². The van der Waals surface area contributed by atoms with E-state index in [0.29, 0.717) is 10.6 Å². The summed E-state index contributed by atoms with van der Waals surface area (Å²) in [4.78, 5) is 0. The number of aliphatic hydroxyl groups is 1. The van der Waals surface area contributed by atoms with Crippen LogP contribution in [0.3, 0.4) is 0 Å². The maximum atomic E-state index is 12.2. The quantitative estimate of drug-likeness (QED) is 0.575. The van der Waals surface area contributed by atoms with E-state index in [1.165, 1.54) is 23.5 Å². The van der Waals surface area contributed by atoms with Crippen molar-refractivity contribution in [3.8, 4) is 5.75 Å². The van der Waals surface area contributed by atoms with Gasteiger partial charge in [-0.05, 0) is 35.2 Å². The van der Waals surface area contributed by atoms with Crippen molar-refractivity contribution < 1.29 is 31.8 Å². The first kappa shape index (κ1) is 20.6. The van der Waals surface area contributed by atoms with Crippen LogP contribution in [-0.2, 0) is 17.7 Å². The van der Waals surface area contributed by atoms with E-state index in [9.17, 15) is 27.0 Å². The van der Waals surface area contributed by atoms with Crippen molar-refractivity contribution in [1.29, 1.82) is 0 Å². The van der Waals surface area contributed by atoms with Crippen LogP contribution in [0.5, 0.6) is 5.75 Å². The Balaban J connectivity index is 1.67. The molecule has 1 heterocycles. The predicted molar refractivity (Wildman–Crippen MR) is 101 cm³/mol. The Labute approximate surface area is 165 Å². The molecule has 2 unspecified atom stereocenters. The topological polar surface area (TPSA) is 72.8 Å². The molecule has 2 aromatic carbocycles. The van der Waals surface area contributed by atoms with E-state index >= 15 is 0 Å². The summed E-state index contributed by atoms with van der Waals surface area (Å²) in [6, 6.07) is 14.2. The van der Waals surface area contributed by atoms with Crippen LogP contribution in [0.1, 0.15) is 5.56 Å². The Hall–Kier alpha value is -2.14. The summed E-state index contributed by atoms with van der Waals surface area (Å²) in [6.07, 6.45) is -5.74. The molecule has 2 atom stereocenters. The Morgan fingerprint density at radius 1 is 1.18 bits per heavy atom. The lowest BCUT2D eigenvalue weighted by atomic mass is 10.1. The highest BCUT2D eigenvalue weighted by Crippen LogP contribution is 2.33. The minimum absolute atomic E-state index is 0.0743. The number of aliphatic hydroxyl groups excluding tert-OH is 1. The highest BCUT2D eigenvalue weighted by atomic mass is 32.2. The summed E-state index contributed by atoms with van der Waals surface area (Å²) in [5.74, 6) is -0.363. The molecule has 0 spiro atoms. The van der Waals surface area contributed by atoms with E-state index in [1.807, 2.05) is 24.3 Å². The molecule has 0 radical (unpaired) electrons. The molecule has 150 valence electrons. The minimum Gasteiger partial charge on any atom is -0.755 e. The van der Waals surface area contributed by atoms with Gasteiger partial charge in [0.25, 0.3) is 0 Å². The number of hydrogen-bond donors (Lipinski definition) is 1. The zero-order valence-electron chi connectivity index (χ0n) is 14.3. The molecule has 1 N–H and O–H groups in total. The number of nitrogens with zero attached hydrogens (tertiary/aromatic N) is 1. The Kier molecular flexibility index (Phi) is 6.23. The summed E-state index contributed by atoms with van der Waals surface area (Å²) in [5.41, 5.74) is 0.551. The SMILES string of the molecule is O=S([O-])N(CC(O)Cc1ccc(OC(F)(F)F)cc1)c1cc2ccccc2s1. The fourth-order valence-electron chi connectivity index (χ4n) is 2.67. The van der Waals surface area contributed by atoms with Gasteiger partial charge in [0.2, 0.25) is 0 Å². The second kappa shape index (κ2) is 8.48. The zero-order valence-corrected chi connectivity index (χ0v) is 15.9. The summed E-state index contributed by atoms with van der Waals surface area (Å²) in [6.45, 7) is -0.177. The summed E-state index contributed by atoms with van der Waals surface area (Å²) < 4.78 is 65.6. The lowest BCUT2D eigenvalue weighted by Gasteiger charge is -2.27. The average molecular weight is 430 g/mol. The van der Waals surface area contributed by atoms with Crippen LogP contribution < -0.4 is 9.04 Å². The first-order valence-corrected chi connectivity index (χ1v) is 9.94. The van der Waals surface area contributed by atoms with Gasteiger partial charge in [-0.15, -0.1) is 24.5 Å². The van der Waals surface area contributed by atoms with Gasteiger partial charge < -0.3 is 14.4 Å². The number of benzene rings is 2. The molecule has 0 aliphatic heterocycles. The van der Waals surface area contributed by atoms with Crippen molar-refractivity contribution in [2.75, 3.05) is 10.8 Å². The van der Waals surface area contributed by atoms with Crippen LogP contribution in [0.2, 0.25) is 0 Å². The number of halogens is 3. The molecule has 5 nitrogen and oxygen atoms in total. The molecule has 0 saturated carbocycles. The van der Waals surface area contributed by atoms with E-state index in [0.717, 1.165) is 26.5 Å². The highest BCUT2D eigenvalue weighted by molar-refractivity contribution is 7.81. The molecule has 28 heavy (non-hydrogen) atoms. The number of alkyl halides is 3. The fraction of sp³-hybridized carbons (Fsp3) is 0.222. The van der Waals surface area contributed by atoms with Crippen molar-refractivity contribution in [2.45, 2.75) is 18.9 Å². The lowest BCUT2D eigenvalue weighted by molar-refractivity contribution is -0.274. The van der Waals surface area contributed by atoms with Gasteiger partial charge in [-0.3, -0.25) is 8.51 Å². The van der Waals surface area contributed by atoms with Crippen LogP contribution in [0.15, 0.2) is 54.6 Å². The van der Waals surface area contributed by atoms with Crippen LogP contribution in [-0.4, -0.2) is 32.9 Å². The number of thiophene rings is 1. The van der Waals surface area contributed by atoms with Gasteiger partial charge in [-0.2, -0.15) is 0 Å². The maximum Gasteiger partial charge on any atom is 0.573 e. The molecule has 0 aliphatic rings. The molecule has 10 heteroatoms. The molecule has 0 amide bonds. The van der Waals surface area contributed by atoms with E-state index in [4.69, 9.17) is 0 Å². The molecule has 3 rings (SSSR count). The largest absolute Gasteiger partial charge is 0.755 e. The van der Waals surface area contributed by atoms with Gasteiger partial charge in [0, 0.05) is 22.4 Å². The van der Waals surface area contributed by atoms with E-state index in [-0.39, 0.29) is 18.7 Å². The van der Waals surface area contributed by atoms with Crippen LogP contribution in [0.25, 0.3) is 10.1 Å². The molecule has 1 aromatic heterocycles. The van der Waals surface area contributed by atoms with Crippen molar-refractivity contribution in [3.63, 3.8) is 0 Å². The van der Waals surface area contributed by atoms with Crippen LogP contribution in [0, 0.1) is 0 Å². The van der Waals surface area contributed by atoms with Crippen molar-refractivity contribution >= 4 is 37.7 Å². The highest BCUT2D eigenvalue weighted by Gasteiger charge is 2.31. The Morgan fingerprint density at radius 2 is 1.86 bits per heavy atom. The van der Waals surface area contributed by atoms with Crippen LogP contribution in [0.4, 0.5) is 18.2 Å². The van der Waals surface area contributed by atoms with Gasteiger partial charge in [-0.1, -0.05) is 30.3 Å². The molecule has 3 aromatic rings. The molecular formula is C18H15F3NO4S2-. The number of fused-ring (bicyclic) bond motifs is 1. The van der Waals surface area contributed by atoms with Crippen molar-refractivity contribution in [2.24, 2.45) is 0 Å². The first-order chi connectivity index (χ1) is 13.2. The Morgan fingerprint density at radius 3 is 2.46 bits per heavy atom. The third-order valence-electron chi connectivity index (χ3n) is 3.84. The minimum atomic E-state index is -4.77. The Bertz CT molecular complexity index is 926. The number of ether oxygens (including phenoxy) is 1. The molecule has 0 bridgehead atoms. The van der Waals surface area contributed by atoms with E-state index < -0.39 is 23.7 Å². The second-order valence-corrected chi connectivity index (χ2v) is 7.89. The van der Waals surface area contributed by atoms with Gasteiger partial charge in [0.15, 0.2) is 0 Å². The molecule has 0 aliphatic carbocycles. The fourth-order valence-corrected chi connectivity index (χ4v) is 4.44. The number of anilines is 1. The first-order valence-electron chi connectivity index (χ1n) is 8.09. The predicted octanol–water partition coefficient (Wildman–Crippen LogP) is 4.00. The summed E-state index contributed by atoms with van der Waals surface area (Å²) in [5, 5.41) is 11.7. The standard InChI is InChI=1S/C18H16F3NO4S2/c19-18(20,21)26-15-7-5-12(6-8-15)9-14(23)11-22(28(24)25)17-10-13-3-1-2-4-16(13)27-17/h1-8,10,14,23H,9,11H2,(H,24,25)/p-1. The molecular weight excluding hydrogens is 415 g/mol. The second-order valence-electron chi connectivity index (χ2n) is 5.95. The summed E-state index contributed by atoms with van der Waals surface area (Å²) >= 11 is -1.30. The van der Waals surface area contributed by atoms with Crippen molar-refractivity contribution in [1.82, 2.24) is 0 Å². The zero-order chi connectivity index (χ0) is 20.3. The lowest BCUT2D eigenvalue weighted by Crippen LogP contribution is -2.34. The van der Waals surface area contributed by atoms with Crippen LogP contribution >= 0.6 is 11.3 Å². The van der Waals surface area contributed by atoms with Gasteiger partial charge >= 0.3 is 6.36 Å². The van der Waals surface area contributed by atoms with E-state index in [1.54, 1.807) is 6.07 Å². The average Bonchev–Trinajstić information content (AvgIpc) is 3.03. The smallest absolute Gasteiger partial charge is 0.573 e.